The molecule has 0 atom stereocenters. The van der Waals surface area contributed by atoms with Crippen LogP contribution in [-0.4, -0.2) is 27.9 Å². The summed E-state index contributed by atoms with van der Waals surface area (Å²) in [6.45, 7) is 8.17. The van der Waals surface area contributed by atoms with Crippen molar-refractivity contribution in [2.45, 2.75) is 46.3 Å². The fourth-order valence-electron chi connectivity index (χ4n) is 3.09. The number of nitrogens with one attached hydrogen (secondary N) is 3. The Morgan fingerprint density at radius 2 is 2.11 bits per heavy atom. The number of halogens is 1. The quantitative estimate of drug-likeness (QED) is 0.669. The van der Waals surface area contributed by atoms with Crippen molar-refractivity contribution in [2.75, 3.05) is 6.54 Å². The van der Waals surface area contributed by atoms with Gasteiger partial charge in [-0.05, 0) is 52.3 Å². The molecule has 144 valence electrons. The van der Waals surface area contributed by atoms with E-state index in [0.29, 0.717) is 29.9 Å². The van der Waals surface area contributed by atoms with Gasteiger partial charge in [0.1, 0.15) is 11.0 Å². The van der Waals surface area contributed by atoms with Crippen LogP contribution in [0.15, 0.2) is 23.0 Å². The molecule has 2 heterocycles. The van der Waals surface area contributed by atoms with Gasteiger partial charge in [0.15, 0.2) is 0 Å². The molecule has 0 bridgehead atoms. The first-order valence-corrected chi connectivity index (χ1v) is 9.24. The molecule has 0 aliphatic heterocycles. The Kier molecular flexibility index (Phi) is 5.15. The number of hydrogen-bond donors (Lipinski definition) is 2. The number of pyridine rings is 1. The van der Waals surface area contributed by atoms with Crippen LogP contribution >= 0.6 is 11.6 Å². The van der Waals surface area contributed by atoms with E-state index >= 15 is 0 Å². The Balaban J connectivity index is 1.85. The lowest BCUT2D eigenvalue weighted by Crippen LogP contribution is -2.33. The van der Waals surface area contributed by atoms with Crippen molar-refractivity contribution in [3.63, 3.8) is 0 Å². The van der Waals surface area contributed by atoms with Crippen molar-refractivity contribution < 1.29 is 14.6 Å². The van der Waals surface area contributed by atoms with E-state index in [-0.39, 0.29) is 5.56 Å². The van der Waals surface area contributed by atoms with Crippen LogP contribution in [0.4, 0.5) is 4.79 Å². The number of rotatable bonds is 4. The number of nitrogens with zero attached hydrogens (tertiary/aromatic N) is 1. The van der Waals surface area contributed by atoms with E-state index in [1.165, 1.54) is 0 Å². The molecule has 0 radical (unpaired) electrons. The Morgan fingerprint density at radius 3 is 2.81 bits per heavy atom. The third-order valence-electron chi connectivity index (χ3n) is 4.20. The predicted molar refractivity (Wildman–Crippen MR) is 105 cm³/mol. The standard InChI is InChI=1S/C19H23ClN4O3/c1-11-15-16(23-22-11)13-10-12(20)6-7-14(13)24(17(15)25)9-5-8-21-18(26)27-19(2,3)4/h6-7,10H,5,8-9H2,1-4H3,(H,21,26)(H,22,23)/p+1. The molecular formula is C19H24ClN4O3+. The lowest BCUT2D eigenvalue weighted by molar-refractivity contribution is -0.420. The van der Waals surface area contributed by atoms with Crippen LogP contribution in [0.3, 0.4) is 0 Å². The first kappa shape index (κ1) is 19.2. The first-order chi connectivity index (χ1) is 12.7. The van der Waals surface area contributed by atoms with E-state index in [1.807, 2.05) is 39.8 Å². The molecule has 0 saturated heterocycles. The molecule has 0 fully saturated rings. The fourth-order valence-corrected chi connectivity index (χ4v) is 3.26. The largest absolute Gasteiger partial charge is 0.444 e. The van der Waals surface area contributed by atoms with Crippen molar-refractivity contribution >= 4 is 39.5 Å². The smallest absolute Gasteiger partial charge is 0.407 e. The molecule has 0 aliphatic carbocycles. The van der Waals surface area contributed by atoms with E-state index < -0.39 is 11.7 Å². The lowest BCUT2D eigenvalue weighted by Gasteiger charge is -2.19. The molecule has 0 spiro atoms. The van der Waals surface area contributed by atoms with Crippen LogP contribution in [0.2, 0.25) is 5.02 Å². The molecule has 0 unspecified atom stereocenters. The zero-order valence-electron chi connectivity index (χ0n) is 15.9. The summed E-state index contributed by atoms with van der Waals surface area (Å²) >= 11 is 6.16. The number of amides is 1. The summed E-state index contributed by atoms with van der Waals surface area (Å²) in [4.78, 5) is 24.7. The van der Waals surface area contributed by atoms with Crippen LogP contribution in [0.5, 0.6) is 0 Å². The number of benzene rings is 1. The van der Waals surface area contributed by atoms with E-state index in [9.17, 15) is 9.59 Å². The van der Waals surface area contributed by atoms with Gasteiger partial charge < -0.3 is 14.6 Å². The summed E-state index contributed by atoms with van der Waals surface area (Å²) < 4.78 is 6.94. The van der Waals surface area contributed by atoms with Gasteiger partial charge in [-0.2, -0.15) is 5.10 Å². The summed E-state index contributed by atoms with van der Waals surface area (Å²) in [5, 5.41) is 10.9. The number of aromatic amines is 2. The van der Waals surface area contributed by atoms with Crippen molar-refractivity contribution in [2.24, 2.45) is 0 Å². The van der Waals surface area contributed by atoms with Gasteiger partial charge in [0.25, 0.3) is 11.1 Å². The number of fused-ring (bicyclic) bond motifs is 3. The van der Waals surface area contributed by atoms with E-state index in [2.05, 4.69) is 15.5 Å². The van der Waals surface area contributed by atoms with E-state index in [1.54, 1.807) is 10.6 Å². The van der Waals surface area contributed by atoms with Crippen LogP contribution in [-0.2, 0) is 11.3 Å². The second kappa shape index (κ2) is 7.23. The minimum atomic E-state index is -0.538. The number of carbonyl (C=O) groups is 1. The maximum Gasteiger partial charge on any atom is 0.407 e. The number of carbonyl (C=O) groups excluding carboxylic acids is 1. The minimum Gasteiger partial charge on any atom is -0.444 e. The molecule has 8 heteroatoms. The molecule has 1 aromatic carbocycles. The lowest BCUT2D eigenvalue weighted by atomic mass is 10.1. The van der Waals surface area contributed by atoms with Crippen LogP contribution in [0.1, 0.15) is 32.9 Å². The van der Waals surface area contributed by atoms with Crippen molar-refractivity contribution in [3.8, 4) is 0 Å². The second-order valence-electron chi connectivity index (χ2n) is 7.53. The highest BCUT2D eigenvalue weighted by atomic mass is 35.5. The van der Waals surface area contributed by atoms with Gasteiger partial charge in [0.2, 0.25) is 0 Å². The van der Waals surface area contributed by atoms with E-state index in [0.717, 1.165) is 22.1 Å². The predicted octanol–water partition coefficient (Wildman–Crippen LogP) is 3.17. The Hall–Kier alpha value is -2.54. The van der Waals surface area contributed by atoms with Crippen LogP contribution < -0.4 is 16.0 Å². The molecule has 0 aliphatic rings. The monoisotopic (exact) mass is 391 g/mol. The molecule has 3 N–H and O–H groups in total. The summed E-state index contributed by atoms with van der Waals surface area (Å²) in [6, 6.07) is 5.46. The molecule has 0 saturated carbocycles. The van der Waals surface area contributed by atoms with Gasteiger partial charge >= 0.3 is 6.09 Å². The number of H-pyrrole nitrogens is 2. The minimum absolute atomic E-state index is 0.0768. The van der Waals surface area contributed by atoms with Gasteiger partial charge in [-0.3, -0.25) is 4.79 Å². The number of aryl methyl sites for hydroxylation is 2. The molecular weight excluding hydrogens is 368 g/mol. The molecule has 7 nitrogen and oxygen atoms in total. The topological polar surface area (TPSA) is 90.3 Å². The summed E-state index contributed by atoms with van der Waals surface area (Å²) in [5.74, 6) is 0. The Bertz CT molecular complexity index is 1060. The van der Waals surface area contributed by atoms with E-state index in [4.69, 9.17) is 16.3 Å². The third kappa shape index (κ3) is 4.08. The Labute approximate surface area is 161 Å². The summed E-state index contributed by atoms with van der Waals surface area (Å²) in [7, 11) is 0. The molecule has 3 aromatic rings. The second-order valence-corrected chi connectivity index (χ2v) is 7.96. The molecule has 3 rings (SSSR count). The average molecular weight is 392 g/mol. The highest BCUT2D eigenvalue weighted by Gasteiger charge is 2.20. The maximum atomic E-state index is 13.0. The number of aromatic nitrogens is 3. The van der Waals surface area contributed by atoms with Gasteiger partial charge in [0.05, 0.1) is 16.6 Å². The maximum absolute atomic E-state index is 13.0. The zero-order chi connectivity index (χ0) is 19.8. The van der Waals surface area contributed by atoms with Gasteiger partial charge in [0, 0.05) is 18.1 Å². The molecule has 2 aromatic heterocycles. The summed E-state index contributed by atoms with van der Waals surface area (Å²) in [6.07, 6.45) is 0.133. The van der Waals surface area contributed by atoms with Crippen LogP contribution in [0.25, 0.3) is 21.8 Å². The number of ether oxygens (including phenoxy) is 1. The highest BCUT2D eigenvalue weighted by molar-refractivity contribution is 6.31. The Morgan fingerprint density at radius 1 is 1.37 bits per heavy atom. The van der Waals surface area contributed by atoms with Crippen molar-refractivity contribution in [1.82, 2.24) is 15.0 Å². The summed E-state index contributed by atoms with van der Waals surface area (Å²) in [5.41, 5.74) is 1.70. The third-order valence-corrected chi connectivity index (χ3v) is 4.44. The van der Waals surface area contributed by atoms with Gasteiger partial charge in [-0.15, -0.1) is 5.10 Å². The van der Waals surface area contributed by atoms with Crippen molar-refractivity contribution in [1.29, 1.82) is 0 Å². The molecule has 1 amide bonds. The van der Waals surface area contributed by atoms with Gasteiger partial charge in [-0.25, -0.2) is 4.79 Å². The number of alkyl carbamates (subject to hydrolysis) is 1. The highest BCUT2D eigenvalue weighted by Crippen LogP contribution is 2.24. The zero-order valence-corrected chi connectivity index (χ0v) is 16.7. The van der Waals surface area contributed by atoms with Gasteiger partial charge in [-0.1, -0.05) is 11.6 Å². The van der Waals surface area contributed by atoms with Crippen molar-refractivity contribution in [3.05, 3.63) is 39.3 Å². The first-order valence-electron chi connectivity index (χ1n) is 8.86. The average Bonchev–Trinajstić information content (AvgIpc) is 2.95. The molecule has 27 heavy (non-hydrogen) atoms. The SMILES string of the molecule is Cc1[nH][nH+]c2c1c(=O)n(CCCNC(=O)OC(C)(C)C)c1ccc(Cl)cc21. The normalized spacial score (nSPS) is 11.9. The number of hydrogen-bond acceptors (Lipinski definition) is 3. The van der Waals surface area contributed by atoms with Crippen LogP contribution in [0, 0.1) is 6.92 Å². The fraction of sp³-hybridized carbons (Fsp3) is 0.421.